The summed E-state index contributed by atoms with van der Waals surface area (Å²) in [6, 6.07) is 4.03. The third kappa shape index (κ3) is 2.48. The summed E-state index contributed by atoms with van der Waals surface area (Å²) in [5.41, 5.74) is 3.70. The van der Waals surface area contributed by atoms with Crippen LogP contribution in [0.15, 0.2) is 16.5 Å². The highest BCUT2D eigenvalue weighted by Crippen LogP contribution is 2.16. The van der Waals surface area contributed by atoms with Gasteiger partial charge in [-0.15, -0.1) is 0 Å². The second-order valence-corrected chi connectivity index (χ2v) is 4.56. The van der Waals surface area contributed by atoms with E-state index in [2.05, 4.69) is 31.2 Å². The molecule has 4 nitrogen and oxygen atoms in total. The van der Waals surface area contributed by atoms with Crippen molar-refractivity contribution in [2.75, 3.05) is 7.05 Å². The van der Waals surface area contributed by atoms with Crippen LogP contribution in [-0.4, -0.2) is 16.8 Å². The van der Waals surface area contributed by atoms with Crippen molar-refractivity contribution in [3.63, 3.8) is 0 Å². The number of hydrogen-bond donors (Lipinski definition) is 1. The fourth-order valence-corrected chi connectivity index (χ4v) is 2.32. The lowest BCUT2D eigenvalue weighted by atomic mass is 10.1. The van der Waals surface area contributed by atoms with Gasteiger partial charge in [-0.2, -0.15) is 5.10 Å². The number of furan rings is 1. The van der Waals surface area contributed by atoms with Crippen molar-refractivity contribution < 1.29 is 4.42 Å². The minimum atomic E-state index is 0.705. The van der Waals surface area contributed by atoms with E-state index in [9.17, 15) is 0 Å². The fourth-order valence-electron chi connectivity index (χ4n) is 2.32. The minimum Gasteiger partial charge on any atom is -0.463 e. The first kappa shape index (κ1) is 12.9. The minimum absolute atomic E-state index is 0.705. The van der Waals surface area contributed by atoms with Crippen molar-refractivity contribution in [3.8, 4) is 0 Å². The van der Waals surface area contributed by atoms with E-state index in [0.717, 1.165) is 30.2 Å². The first-order chi connectivity index (χ1) is 8.65. The van der Waals surface area contributed by atoms with Gasteiger partial charge in [-0.05, 0) is 45.0 Å². The van der Waals surface area contributed by atoms with Gasteiger partial charge in [-0.1, -0.05) is 6.92 Å². The van der Waals surface area contributed by atoms with E-state index in [1.54, 1.807) is 0 Å². The molecular weight excluding hydrogens is 226 g/mol. The number of nitrogens with one attached hydrogen (secondary N) is 1. The summed E-state index contributed by atoms with van der Waals surface area (Å²) in [5, 5.41) is 7.65. The van der Waals surface area contributed by atoms with Crippen LogP contribution in [0.25, 0.3) is 0 Å². The fraction of sp³-hybridized carbons (Fsp3) is 0.500. The zero-order valence-corrected chi connectivity index (χ0v) is 11.6. The van der Waals surface area contributed by atoms with Gasteiger partial charge >= 0.3 is 0 Å². The van der Waals surface area contributed by atoms with E-state index in [1.165, 1.54) is 11.3 Å². The standard InChI is InChI=1S/C14H21N3O/c1-5-14-10(2)16-17(11(14)3)9-13-7-6-12(18-13)8-15-4/h6-7,15H,5,8-9H2,1-4H3. The van der Waals surface area contributed by atoms with Crippen LogP contribution in [0.4, 0.5) is 0 Å². The summed E-state index contributed by atoms with van der Waals surface area (Å²) >= 11 is 0. The summed E-state index contributed by atoms with van der Waals surface area (Å²) in [5.74, 6) is 1.92. The van der Waals surface area contributed by atoms with Crippen molar-refractivity contribution in [1.82, 2.24) is 15.1 Å². The molecule has 4 heteroatoms. The van der Waals surface area contributed by atoms with Crippen LogP contribution in [0.1, 0.15) is 35.4 Å². The lowest BCUT2D eigenvalue weighted by Gasteiger charge is -2.02. The SMILES string of the molecule is CCc1c(C)nn(Cc2ccc(CNC)o2)c1C. The molecule has 98 valence electrons. The van der Waals surface area contributed by atoms with E-state index >= 15 is 0 Å². The van der Waals surface area contributed by atoms with Crippen molar-refractivity contribution in [2.24, 2.45) is 0 Å². The highest BCUT2D eigenvalue weighted by molar-refractivity contribution is 5.24. The number of aromatic nitrogens is 2. The molecule has 2 aromatic heterocycles. The van der Waals surface area contributed by atoms with Gasteiger partial charge in [0.2, 0.25) is 0 Å². The Kier molecular flexibility index (Phi) is 3.87. The van der Waals surface area contributed by atoms with Crippen LogP contribution in [-0.2, 0) is 19.5 Å². The Morgan fingerprint density at radius 2 is 2.00 bits per heavy atom. The maximum atomic E-state index is 5.74. The Balaban J connectivity index is 2.17. The van der Waals surface area contributed by atoms with E-state index in [0.29, 0.717) is 6.54 Å². The number of rotatable bonds is 5. The maximum absolute atomic E-state index is 5.74. The monoisotopic (exact) mass is 247 g/mol. The molecule has 0 saturated heterocycles. The van der Waals surface area contributed by atoms with E-state index in [4.69, 9.17) is 4.42 Å². The van der Waals surface area contributed by atoms with Crippen LogP contribution in [0.2, 0.25) is 0 Å². The van der Waals surface area contributed by atoms with E-state index in [1.807, 2.05) is 23.9 Å². The summed E-state index contributed by atoms with van der Waals surface area (Å²) in [6.45, 7) is 7.82. The highest BCUT2D eigenvalue weighted by Gasteiger charge is 2.11. The van der Waals surface area contributed by atoms with Gasteiger partial charge in [-0.25, -0.2) is 0 Å². The third-order valence-electron chi connectivity index (χ3n) is 3.26. The quantitative estimate of drug-likeness (QED) is 0.882. The zero-order chi connectivity index (χ0) is 13.1. The van der Waals surface area contributed by atoms with Gasteiger partial charge in [-0.3, -0.25) is 4.68 Å². The molecule has 0 radical (unpaired) electrons. The molecule has 0 unspecified atom stereocenters. The van der Waals surface area contributed by atoms with Gasteiger partial charge < -0.3 is 9.73 Å². The molecule has 2 aromatic rings. The van der Waals surface area contributed by atoms with Gasteiger partial charge in [0.1, 0.15) is 11.5 Å². The van der Waals surface area contributed by atoms with Gasteiger partial charge in [0, 0.05) is 5.69 Å². The Morgan fingerprint density at radius 1 is 1.28 bits per heavy atom. The average molecular weight is 247 g/mol. The highest BCUT2D eigenvalue weighted by atomic mass is 16.3. The lowest BCUT2D eigenvalue weighted by molar-refractivity contribution is 0.434. The molecule has 2 rings (SSSR count). The van der Waals surface area contributed by atoms with Gasteiger partial charge in [0.05, 0.1) is 18.8 Å². The molecule has 0 aliphatic heterocycles. The lowest BCUT2D eigenvalue weighted by Crippen LogP contribution is -2.05. The molecule has 2 heterocycles. The van der Waals surface area contributed by atoms with Crippen LogP contribution in [0.3, 0.4) is 0 Å². The second kappa shape index (κ2) is 5.40. The molecule has 0 saturated carbocycles. The van der Waals surface area contributed by atoms with E-state index < -0.39 is 0 Å². The number of aryl methyl sites for hydroxylation is 1. The molecule has 0 aliphatic rings. The molecule has 0 amide bonds. The topological polar surface area (TPSA) is 43.0 Å². The number of hydrogen-bond acceptors (Lipinski definition) is 3. The predicted octanol–water partition coefficient (Wildman–Crippen LogP) is 2.42. The molecule has 0 aromatic carbocycles. The summed E-state index contributed by atoms with van der Waals surface area (Å²) in [7, 11) is 1.91. The third-order valence-corrected chi connectivity index (χ3v) is 3.26. The van der Waals surface area contributed by atoms with Crippen LogP contribution in [0, 0.1) is 13.8 Å². The summed E-state index contributed by atoms with van der Waals surface area (Å²) in [6.07, 6.45) is 1.03. The normalized spacial score (nSPS) is 11.1. The largest absolute Gasteiger partial charge is 0.463 e. The maximum Gasteiger partial charge on any atom is 0.125 e. The summed E-state index contributed by atoms with van der Waals surface area (Å²) < 4.78 is 7.77. The molecule has 0 fully saturated rings. The van der Waals surface area contributed by atoms with E-state index in [-0.39, 0.29) is 0 Å². The molecule has 18 heavy (non-hydrogen) atoms. The smallest absolute Gasteiger partial charge is 0.125 e. The Hall–Kier alpha value is -1.55. The first-order valence-corrected chi connectivity index (χ1v) is 6.40. The second-order valence-electron chi connectivity index (χ2n) is 4.56. The molecule has 0 bridgehead atoms. The molecule has 0 spiro atoms. The molecule has 1 N–H and O–H groups in total. The summed E-state index contributed by atoms with van der Waals surface area (Å²) in [4.78, 5) is 0. The van der Waals surface area contributed by atoms with Crippen LogP contribution < -0.4 is 5.32 Å². The zero-order valence-electron chi connectivity index (χ0n) is 11.6. The van der Waals surface area contributed by atoms with Crippen LogP contribution >= 0.6 is 0 Å². The van der Waals surface area contributed by atoms with Crippen molar-refractivity contribution in [3.05, 3.63) is 40.6 Å². The molecular formula is C14H21N3O. The Labute approximate surface area is 108 Å². The predicted molar refractivity (Wildman–Crippen MR) is 71.7 cm³/mol. The molecule has 0 atom stereocenters. The number of nitrogens with zero attached hydrogens (tertiary/aromatic N) is 2. The van der Waals surface area contributed by atoms with Crippen molar-refractivity contribution >= 4 is 0 Å². The van der Waals surface area contributed by atoms with Crippen molar-refractivity contribution in [2.45, 2.75) is 40.3 Å². The average Bonchev–Trinajstić information content (AvgIpc) is 2.87. The first-order valence-electron chi connectivity index (χ1n) is 6.40. The van der Waals surface area contributed by atoms with Crippen molar-refractivity contribution in [1.29, 1.82) is 0 Å². The Morgan fingerprint density at radius 3 is 2.61 bits per heavy atom. The van der Waals surface area contributed by atoms with Gasteiger partial charge in [0.25, 0.3) is 0 Å². The van der Waals surface area contributed by atoms with Crippen LogP contribution in [0.5, 0.6) is 0 Å². The molecule has 0 aliphatic carbocycles. The van der Waals surface area contributed by atoms with Gasteiger partial charge in [0.15, 0.2) is 0 Å². The Bertz CT molecular complexity index is 525.